The van der Waals surface area contributed by atoms with Gasteiger partial charge in [-0.1, -0.05) is 18.6 Å². The molecule has 10 heteroatoms. The van der Waals surface area contributed by atoms with Crippen LogP contribution in [0.5, 0.6) is 0 Å². The molecule has 0 saturated carbocycles. The zero-order valence-electron chi connectivity index (χ0n) is 18.9. The van der Waals surface area contributed by atoms with Crippen LogP contribution in [-0.4, -0.2) is 56.3 Å². The summed E-state index contributed by atoms with van der Waals surface area (Å²) in [6.45, 7) is 9.94. The minimum Gasteiger partial charge on any atom is -0.357 e. The molecule has 1 amide bonds. The second-order valence-electron chi connectivity index (χ2n) is 8.46. The van der Waals surface area contributed by atoms with Crippen molar-refractivity contribution >= 4 is 45.9 Å². The number of guanidine groups is 1. The zero-order chi connectivity index (χ0) is 22.2. The third-order valence-electron chi connectivity index (χ3n) is 4.55. The number of hydrogen-bond acceptors (Lipinski definition) is 4. The number of halogens is 1. The summed E-state index contributed by atoms with van der Waals surface area (Å²) in [7, 11) is -3.47. The van der Waals surface area contributed by atoms with Gasteiger partial charge < -0.3 is 16.0 Å². The molecule has 3 N–H and O–H groups in total. The predicted octanol–water partition coefficient (Wildman–Crippen LogP) is 2.45. The lowest BCUT2D eigenvalue weighted by molar-refractivity contribution is -0.121. The third-order valence-corrected chi connectivity index (χ3v) is 6.44. The van der Waals surface area contributed by atoms with Crippen molar-refractivity contribution in [2.24, 2.45) is 4.99 Å². The molecule has 0 unspecified atom stereocenters. The summed E-state index contributed by atoms with van der Waals surface area (Å²) in [6.07, 6.45) is 2.89. The monoisotopic (exact) mass is 565 g/mol. The lowest BCUT2D eigenvalue weighted by atomic mass is 10.1. The van der Waals surface area contributed by atoms with E-state index in [0.717, 1.165) is 24.8 Å². The number of carbonyl (C=O) groups is 1. The highest BCUT2D eigenvalue weighted by atomic mass is 127. The van der Waals surface area contributed by atoms with Gasteiger partial charge in [-0.15, -0.1) is 24.0 Å². The maximum Gasteiger partial charge on any atom is 0.243 e. The van der Waals surface area contributed by atoms with Crippen LogP contribution in [0.4, 0.5) is 0 Å². The highest BCUT2D eigenvalue weighted by molar-refractivity contribution is 14.0. The van der Waals surface area contributed by atoms with Crippen LogP contribution in [0.15, 0.2) is 34.2 Å². The van der Waals surface area contributed by atoms with Crippen LogP contribution in [0.25, 0.3) is 0 Å². The first kappa shape index (κ1) is 27.6. The lowest BCUT2D eigenvalue weighted by Gasteiger charge is -2.26. The van der Waals surface area contributed by atoms with Crippen LogP contribution < -0.4 is 16.0 Å². The number of aliphatic imine (C=N–C) groups is 1. The summed E-state index contributed by atoms with van der Waals surface area (Å²) in [4.78, 5) is 16.8. The number of nitrogens with one attached hydrogen (secondary N) is 3. The van der Waals surface area contributed by atoms with Crippen molar-refractivity contribution in [1.82, 2.24) is 20.3 Å². The first-order chi connectivity index (χ1) is 14.1. The van der Waals surface area contributed by atoms with Gasteiger partial charge in [0.1, 0.15) is 0 Å². The molecule has 176 valence electrons. The van der Waals surface area contributed by atoms with Crippen molar-refractivity contribution < 1.29 is 13.2 Å². The van der Waals surface area contributed by atoms with Crippen molar-refractivity contribution in [3.05, 3.63) is 29.8 Å². The Morgan fingerprint density at radius 3 is 2.42 bits per heavy atom. The smallest absolute Gasteiger partial charge is 0.243 e. The van der Waals surface area contributed by atoms with E-state index >= 15 is 0 Å². The molecule has 1 heterocycles. The molecule has 1 aliphatic heterocycles. The third kappa shape index (κ3) is 9.32. The van der Waals surface area contributed by atoms with E-state index in [1.165, 1.54) is 0 Å². The number of benzene rings is 1. The number of carbonyl (C=O) groups excluding carboxylic acids is 1. The van der Waals surface area contributed by atoms with E-state index in [2.05, 4.69) is 20.9 Å². The zero-order valence-corrected chi connectivity index (χ0v) is 22.0. The summed E-state index contributed by atoms with van der Waals surface area (Å²) >= 11 is 0. The van der Waals surface area contributed by atoms with Crippen molar-refractivity contribution in [3.63, 3.8) is 0 Å². The van der Waals surface area contributed by atoms with Crippen molar-refractivity contribution in [3.8, 4) is 0 Å². The van der Waals surface area contributed by atoms with Gasteiger partial charge in [-0.25, -0.2) is 13.4 Å². The molecule has 0 atom stereocenters. The summed E-state index contributed by atoms with van der Waals surface area (Å²) in [5, 5.41) is 9.00. The van der Waals surface area contributed by atoms with E-state index in [-0.39, 0.29) is 42.0 Å². The Hall–Kier alpha value is -1.40. The molecule has 1 aliphatic rings. The fraction of sp³-hybridized carbons (Fsp3) is 0.619. The number of sulfonamides is 1. The molecule has 0 spiro atoms. The molecule has 1 fully saturated rings. The van der Waals surface area contributed by atoms with Crippen molar-refractivity contribution in [2.75, 3.05) is 26.2 Å². The number of nitrogens with zero attached hydrogens (tertiary/aromatic N) is 2. The lowest BCUT2D eigenvalue weighted by Crippen LogP contribution is -2.48. The first-order valence-electron chi connectivity index (χ1n) is 10.5. The maximum atomic E-state index is 12.9. The van der Waals surface area contributed by atoms with E-state index in [0.29, 0.717) is 37.0 Å². The summed E-state index contributed by atoms with van der Waals surface area (Å²) in [5.41, 5.74) is 0.499. The topological polar surface area (TPSA) is 103 Å². The van der Waals surface area contributed by atoms with Crippen LogP contribution in [0.2, 0.25) is 0 Å². The molecule has 2 rings (SSSR count). The van der Waals surface area contributed by atoms with E-state index in [9.17, 15) is 13.2 Å². The minimum atomic E-state index is -3.47. The fourth-order valence-electron chi connectivity index (χ4n) is 3.20. The molecule has 1 saturated heterocycles. The second-order valence-corrected chi connectivity index (χ2v) is 10.4. The molecule has 8 nitrogen and oxygen atoms in total. The van der Waals surface area contributed by atoms with Gasteiger partial charge in [0.2, 0.25) is 15.9 Å². The van der Waals surface area contributed by atoms with E-state index in [4.69, 9.17) is 0 Å². The Balaban J connectivity index is 0.00000480. The number of rotatable bonds is 7. The summed E-state index contributed by atoms with van der Waals surface area (Å²) in [5.74, 6) is 0.383. The molecule has 0 aromatic heterocycles. The van der Waals surface area contributed by atoms with Gasteiger partial charge in [-0.05, 0) is 58.2 Å². The van der Waals surface area contributed by atoms with Gasteiger partial charge in [-0.3, -0.25) is 4.79 Å². The summed E-state index contributed by atoms with van der Waals surface area (Å²) in [6, 6.07) is 6.92. The Bertz CT molecular complexity index is 847. The summed E-state index contributed by atoms with van der Waals surface area (Å²) < 4.78 is 27.4. The number of piperidine rings is 1. The van der Waals surface area contributed by atoms with Gasteiger partial charge in [0.05, 0.1) is 18.0 Å². The number of amides is 1. The first-order valence-corrected chi connectivity index (χ1v) is 12.0. The molecule has 0 radical (unpaired) electrons. The molecule has 31 heavy (non-hydrogen) atoms. The van der Waals surface area contributed by atoms with Gasteiger partial charge >= 0.3 is 0 Å². The van der Waals surface area contributed by atoms with Crippen molar-refractivity contribution in [1.29, 1.82) is 0 Å². The van der Waals surface area contributed by atoms with Gasteiger partial charge in [0, 0.05) is 25.2 Å². The Morgan fingerprint density at radius 2 is 1.81 bits per heavy atom. The standard InChI is InChI=1S/C21H35N5O3S.HI/c1-5-22-20(24-16-19(27)25-21(2,3)4)23-15-17-10-9-11-18(14-17)30(28,29)26-12-7-6-8-13-26;/h9-11,14H,5-8,12-13,15-16H2,1-4H3,(H,25,27)(H2,22,23,24);1H. The molecular formula is C21H36IN5O3S. The molecule has 1 aromatic rings. The average molecular weight is 566 g/mol. The Labute approximate surface area is 203 Å². The van der Waals surface area contributed by atoms with Crippen LogP contribution in [0.3, 0.4) is 0 Å². The van der Waals surface area contributed by atoms with E-state index in [1.54, 1.807) is 22.5 Å². The molecule has 1 aromatic carbocycles. The Morgan fingerprint density at radius 1 is 1.13 bits per heavy atom. The van der Waals surface area contributed by atoms with E-state index in [1.807, 2.05) is 33.8 Å². The second kappa shape index (κ2) is 12.6. The van der Waals surface area contributed by atoms with Crippen LogP contribution in [0.1, 0.15) is 52.5 Å². The molecular weight excluding hydrogens is 529 g/mol. The number of hydrogen-bond donors (Lipinski definition) is 3. The minimum absolute atomic E-state index is 0. The molecule has 0 bridgehead atoms. The van der Waals surface area contributed by atoms with Crippen molar-refractivity contribution in [2.45, 2.75) is 63.9 Å². The maximum absolute atomic E-state index is 12.9. The van der Waals surface area contributed by atoms with E-state index < -0.39 is 10.0 Å². The molecule has 0 aliphatic carbocycles. The normalized spacial score (nSPS) is 15.7. The van der Waals surface area contributed by atoms with Gasteiger partial charge in [0.25, 0.3) is 0 Å². The Kier molecular flexibility index (Phi) is 11.2. The fourth-order valence-corrected chi connectivity index (χ4v) is 4.79. The van der Waals surface area contributed by atoms with Crippen LogP contribution in [0, 0.1) is 0 Å². The quantitative estimate of drug-likeness (QED) is 0.268. The van der Waals surface area contributed by atoms with Crippen LogP contribution >= 0.6 is 24.0 Å². The highest BCUT2D eigenvalue weighted by Gasteiger charge is 2.25. The van der Waals surface area contributed by atoms with Crippen LogP contribution in [-0.2, 0) is 21.4 Å². The van der Waals surface area contributed by atoms with Gasteiger partial charge in [-0.2, -0.15) is 4.31 Å². The highest BCUT2D eigenvalue weighted by Crippen LogP contribution is 2.21. The average Bonchev–Trinajstić information content (AvgIpc) is 2.69. The predicted molar refractivity (Wildman–Crippen MR) is 135 cm³/mol. The van der Waals surface area contributed by atoms with Gasteiger partial charge in [0.15, 0.2) is 5.96 Å². The SMILES string of the molecule is CCNC(=NCc1cccc(S(=O)(=O)N2CCCCC2)c1)NCC(=O)NC(C)(C)C.I. The largest absolute Gasteiger partial charge is 0.357 e.